The fourth-order valence-electron chi connectivity index (χ4n) is 3.75. The van der Waals surface area contributed by atoms with Gasteiger partial charge in [-0.2, -0.15) is 0 Å². The number of rotatable bonds is 6. The van der Waals surface area contributed by atoms with E-state index in [9.17, 15) is 10.1 Å². The fourth-order valence-corrected chi connectivity index (χ4v) is 3.75. The predicted molar refractivity (Wildman–Crippen MR) is 99.0 cm³/mol. The van der Waals surface area contributed by atoms with Gasteiger partial charge >= 0.3 is 5.69 Å². The van der Waals surface area contributed by atoms with Crippen LogP contribution in [0, 0.1) is 16.0 Å². The number of hydrogen-bond donors (Lipinski definition) is 1. The quantitative estimate of drug-likeness (QED) is 0.478. The Morgan fingerprint density at radius 3 is 2.96 bits per heavy atom. The molecule has 0 radical (unpaired) electrons. The lowest BCUT2D eigenvalue weighted by molar-refractivity contribution is -0.383. The van der Waals surface area contributed by atoms with Crippen LogP contribution in [0.3, 0.4) is 0 Å². The van der Waals surface area contributed by atoms with Gasteiger partial charge in [-0.1, -0.05) is 18.6 Å². The third-order valence-corrected chi connectivity index (χ3v) is 5.07. The molecule has 25 heavy (non-hydrogen) atoms. The first-order valence-electron chi connectivity index (χ1n) is 9.31. The normalized spacial score (nSPS) is 20.9. The maximum atomic E-state index is 11.7. The lowest BCUT2D eigenvalue weighted by Gasteiger charge is -2.31. The van der Waals surface area contributed by atoms with Crippen LogP contribution in [-0.2, 0) is 0 Å². The van der Waals surface area contributed by atoms with Gasteiger partial charge in [0.15, 0.2) is 0 Å². The Kier molecular flexibility index (Phi) is 5.83. The highest BCUT2D eigenvalue weighted by Gasteiger charge is 2.29. The van der Waals surface area contributed by atoms with E-state index in [0.717, 1.165) is 45.2 Å². The number of aromatic nitrogens is 2. The topological polar surface area (TPSA) is 84.2 Å². The first-order chi connectivity index (χ1) is 12.1. The van der Waals surface area contributed by atoms with E-state index in [1.807, 2.05) is 4.90 Å². The average molecular weight is 345 g/mol. The first kappa shape index (κ1) is 17.6. The van der Waals surface area contributed by atoms with Crippen molar-refractivity contribution < 1.29 is 4.92 Å². The van der Waals surface area contributed by atoms with Crippen LogP contribution in [0.1, 0.15) is 51.9 Å². The van der Waals surface area contributed by atoms with Gasteiger partial charge in [0, 0.05) is 19.6 Å². The molecule has 0 aromatic carbocycles. The Morgan fingerprint density at radius 1 is 1.36 bits per heavy atom. The number of anilines is 2. The molecule has 136 valence electrons. The van der Waals surface area contributed by atoms with Crippen molar-refractivity contribution in [3.05, 3.63) is 28.1 Å². The summed E-state index contributed by atoms with van der Waals surface area (Å²) in [5.74, 6) is 1.31. The second-order valence-corrected chi connectivity index (χ2v) is 7.13. The lowest BCUT2D eigenvalue weighted by Crippen LogP contribution is -2.35. The van der Waals surface area contributed by atoms with Crippen LogP contribution in [0.4, 0.5) is 17.3 Å². The number of hydrogen-bond acceptors (Lipinski definition) is 6. The molecule has 1 aliphatic heterocycles. The molecular formula is C18H27N5O2. The second kappa shape index (κ2) is 8.27. The Morgan fingerprint density at radius 2 is 2.24 bits per heavy atom. The third-order valence-electron chi connectivity index (χ3n) is 5.07. The van der Waals surface area contributed by atoms with Crippen LogP contribution in [-0.4, -0.2) is 34.5 Å². The largest absolute Gasteiger partial charge is 0.364 e. The lowest BCUT2D eigenvalue weighted by atomic mass is 9.97. The molecule has 1 unspecified atom stereocenters. The minimum Gasteiger partial charge on any atom is -0.364 e. The van der Waals surface area contributed by atoms with Crippen LogP contribution in [0.2, 0.25) is 0 Å². The van der Waals surface area contributed by atoms with Gasteiger partial charge in [-0.05, 0) is 50.9 Å². The van der Waals surface area contributed by atoms with Crippen LogP contribution in [0.15, 0.2) is 18.0 Å². The summed E-state index contributed by atoms with van der Waals surface area (Å²) >= 11 is 0. The SMILES string of the molecule is CC1CCCN(c2ncnc(NCCC3=CCCCC3)c2[N+](=O)[O-])C1. The standard InChI is InChI=1S/C18H27N5O2/c1-14-6-5-11-22(12-14)18-16(23(24)25)17(20-13-21-18)19-10-9-15-7-3-2-4-8-15/h7,13-14H,2-6,8-12H2,1H3,(H,19,20,21). The zero-order valence-corrected chi connectivity index (χ0v) is 14.9. The Hall–Kier alpha value is -2.18. The molecule has 1 atom stereocenters. The Bertz CT molecular complexity index is 646. The molecule has 7 nitrogen and oxygen atoms in total. The molecule has 0 spiro atoms. The Balaban J connectivity index is 1.73. The van der Waals surface area contributed by atoms with Crippen LogP contribution in [0.5, 0.6) is 0 Å². The summed E-state index contributed by atoms with van der Waals surface area (Å²) in [6, 6.07) is 0. The monoisotopic (exact) mass is 345 g/mol. The second-order valence-electron chi connectivity index (χ2n) is 7.13. The molecule has 3 rings (SSSR count). The van der Waals surface area contributed by atoms with Gasteiger partial charge in [0.1, 0.15) is 6.33 Å². The van der Waals surface area contributed by atoms with E-state index in [1.54, 1.807) is 0 Å². The van der Waals surface area contributed by atoms with Crippen molar-refractivity contribution in [3.63, 3.8) is 0 Å². The molecule has 1 aromatic rings. The highest BCUT2D eigenvalue weighted by Crippen LogP contribution is 2.34. The van der Waals surface area contributed by atoms with Crippen molar-refractivity contribution in [1.82, 2.24) is 9.97 Å². The number of nitrogens with zero attached hydrogens (tertiary/aromatic N) is 4. The van der Waals surface area contributed by atoms with Crippen molar-refractivity contribution in [2.24, 2.45) is 5.92 Å². The van der Waals surface area contributed by atoms with E-state index in [0.29, 0.717) is 24.1 Å². The molecule has 1 aromatic heterocycles. The zero-order valence-electron chi connectivity index (χ0n) is 14.9. The highest BCUT2D eigenvalue weighted by atomic mass is 16.6. The Labute approximate surface area is 148 Å². The van der Waals surface area contributed by atoms with E-state index in [4.69, 9.17) is 0 Å². The first-order valence-corrected chi connectivity index (χ1v) is 9.31. The number of allylic oxidation sites excluding steroid dienone is 1. The highest BCUT2D eigenvalue weighted by molar-refractivity contribution is 5.70. The van der Waals surface area contributed by atoms with Gasteiger partial charge in [-0.3, -0.25) is 10.1 Å². The van der Waals surface area contributed by atoms with Crippen molar-refractivity contribution in [2.45, 2.75) is 51.9 Å². The predicted octanol–water partition coefficient (Wildman–Crippen LogP) is 3.92. The molecule has 0 bridgehead atoms. The average Bonchev–Trinajstić information content (AvgIpc) is 2.62. The van der Waals surface area contributed by atoms with Gasteiger partial charge in [0.25, 0.3) is 0 Å². The molecule has 1 fully saturated rings. The van der Waals surface area contributed by atoms with Crippen molar-refractivity contribution >= 4 is 17.3 Å². The van der Waals surface area contributed by atoms with E-state index in [-0.39, 0.29) is 10.6 Å². The minimum atomic E-state index is -0.350. The van der Waals surface area contributed by atoms with E-state index >= 15 is 0 Å². The molecule has 2 aliphatic rings. The molecule has 1 saturated heterocycles. The molecule has 0 saturated carbocycles. The van der Waals surface area contributed by atoms with E-state index in [2.05, 4.69) is 28.3 Å². The number of nitrogens with one attached hydrogen (secondary N) is 1. The molecule has 1 N–H and O–H groups in total. The maximum absolute atomic E-state index is 11.7. The van der Waals surface area contributed by atoms with Gasteiger partial charge in [0.05, 0.1) is 4.92 Å². The van der Waals surface area contributed by atoms with Gasteiger partial charge in [-0.15, -0.1) is 0 Å². The van der Waals surface area contributed by atoms with Gasteiger partial charge < -0.3 is 10.2 Å². The van der Waals surface area contributed by atoms with Crippen LogP contribution >= 0.6 is 0 Å². The minimum absolute atomic E-state index is 0.00854. The van der Waals surface area contributed by atoms with E-state index < -0.39 is 0 Å². The van der Waals surface area contributed by atoms with E-state index in [1.165, 1.54) is 24.7 Å². The van der Waals surface area contributed by atoms with Crippen molar-refractivity contribution in [3.8, 4) is 0 Å². The van der Waals surface area contributed by atoms with Gasteiger partial charge in [0.2, 0.25) is 11.6 Å². The summed E-state index contributed by atoms with van der Waals surface area (Å²) in [5, 5.41) is 14.9. The molecular weight excluding hydrogens is 318 g/mol. The van der Waals surface area contributed by atoms with Crippen LogP contribution in [0.25, 0.3) is 0 Å². The summed E-state index contributed by atoms with van der Waals surface area (Å²) < 4.78 is 0. The number of nitro groups is 1. The van der Waals surface area contributed by atoms with Gasteiger partial charge in [-0.25, -0.2) is 9.97 Å². The smallest absolute Gasteiger partial charge is 0.353 e. The van der Waals surface area contributed by atoms with Crippen molar-refractivity contribution in [1.29, 1.82) is 0 Å². The number of piperidine rings is 1. The molecule has 7 heteroatoms. The summed E-state index contributed by atoms with van der Waals surface area (Å²) in [5.41, 5.74) is 1.45. The zero-order chi connectivity index (χ0) is 17.6. The molecule has 2 heterocycles. The summed E-state index contributed by atoms with van der Waals surface area (Å²) in [6.45, 7) is 4.47. The molecule has 0 amide bonds. The summed E-state index contributed by atoms with van der Waals surface area (Å²) in [6.07, 6.45) is 11.7. The third kappa shape index (κ3) is 4.46. The van der Waals surface area contributed by atoms with Crippen LogP contribution < -0.4 is 10.2 Å². The summed E-state index contributed by atoms with van der Waals surface area (Å²) in [4.78, 5) is 21.7. The van der Waals surface area contributed by atoms with Crippen molar-refractivity contribution in [2.75, 3.05) is 29.9 Å². The maximum Gasteiger partial charge on any atom is 0.353 e. The molecule has 1 aliphatic carbocycles. The fraction of sp³-hybridized carbons (Fsp3) is 0.667. The summed E-state index contributed by atoms with van der Waals surface area (Å²) in [7, 11) is 0.